The van der Waals surface area contributed by atoms with Gasteiger partial charge in [-0.3, -0.25) is 9.59 Å². The van der Waals surface area contributed by atoms with Crippen LogP contribution in [-0.4, -0.2) is 53.1 Å². The quantitative estimate of drug-likeness (QED) is 0.890. The van der Waals surface area contributed by atoms with Crippen LogP contribution < -0.4 is 10.2 Å². The Bertz CT molecular complexity index is 771. The van der Waals surface area contributed by atoms with Crippen molar-refractivity contribution in [2.24, 2.45) is 0 Å². The summed E-state index contributed by atoms with van der Waals surface area (Å²) in [5.74, 6) is 0.104. The van der Waals surface area contributed by atoms with Crippen molar-refractivity contribution < 1.29 is 14.0 Å². The average molecular weight is 357 g/mol. The Labute approximate surface area is 150 Å². The van der Waals surface area contributed by atoms with Gasteiger partial charge in [0.25, 0.3) is 5.91 Å². The molecule has 2 amide bonds. The van der Waals surface area contributed by atoms with Crippen LogP contribution >= 0.6 is 0 Å². The molecule has 1 saturated heterocycles. The minimum Gasteiger partial charge on any atom is -0.352 e. The molecule has 1 N–H and O–H groups in total. The summed E-state index contributed by atoms with van der Waals surface area (Å²) in [6.07, 6.45) is 0. The van der Waals surface area contributed by atoms with Gasteiger partial charge >= 0.3 is 0 Å². The number of rotatable bonds is 4. The molecule has 0 saturated carbocycles. The largest absolute Gasteiger partial charge is 0.352 e. The first-order chi connectivity index (χ1) is 12.5. The van der Waals surface area contributed by atoms with Crippen LogP contribution in [-0.2, 0) is 11.3 Å². The number of aromatic nitrogens is 2. The summed E-state index contributed by atoms with van der Waals surface area (Å²) in [5.41, 5.74) is 1.02. The van der Waals surface area contributed by atoms with Crippen molar-refractivity contribution in [3.63, 3.8) is 0 Å². The minimum absolute atomic E-state index is 0.0731. The van der Waals surface area contributed by atoms with Crippen LogP contribution in [0.15, 0.2) is 36.4 Å². The maximum Gasteiger partial charge on any atom is 0.272 e. The first-order valence-electron chi connectivity index (χ1n) is 8.40. The van der Waals surface area contributed by atoms with Crippen LogP contribution in [0.1, 0.15) is 23.0 Å². The number of benzene rings is 1. The van der Waals surface area contributed by atoms with Gasteiger partial charge in [0, 0.05) is 39.6 Å². The highest BCUT2D eigenvalue weighted by Crippen LogP contribution is 2.13. The lowest BCUT2D eigenvalue weighted by Gasteiger charge is -2.34. The number of hydrogen-bond donors (Lipinski definition) is 1. The molecule has 3 rings (SSSR count). The highest BCUT2D eigenvalue weighted by Gasteiger charge is 2.20. The number of carbonyl (C=O) groups excluding carboxylic acids is 2. The van der Waals surface area contributed by atoms with Gasteiger partial charge in [0.05, 0.1) is 0 Å². The van der Waals surface area contributed by atoms with Gasteiger partial charge in [-0.25, -0.2) is 4.39 Å². The Kier molecular flexibility index (Phi) is 5.40. The van der Waals surface area contributed by atoms with Crippen molar-refractivity contribution in [1.29, 1.82) is 0 Å². The average Bonchev–Trinajstić information content (AvgIpc) is 2.67. The van der Waals surface area contributed by atoms with Crippen molar-refractivity contribution in [2.45, 2.75) is 13.5 Å². The highest BCUT2D eigenvalue weighted by atomic mass is 19.1. The van der Waals surface area contributed by atoms with Gasteiger partial charge in [-0.15, -0.1) is 10.2 Å². The number of nitrogens with one attached hydrogen (secondary N) is 1. The van der Waals surface area contributed by atoms with Crippen LogP contribution in [0.5, 0.6) is 0 Å². The fourth-order valence-corrected chi connectivity index (χ4v) is 2.74. The monoisotopic (exact) mass is 357 g/mol. The molecule has 1 aliphatic heterocycles. The predicted octanol–water partition coefficient (Wildman–Crippen LogP) is 1.21. The number of hydrogen-bond acceptors (Lipinski definition) is 5. The van der Waals surface area contributed by atoms with Crippen LogP contribution in [0.25, 0.3) is 0 Å². The zero-order valence-corrected chi connectivity index (χ0v) is 14.5. The van der Waals surface area contributed by atoms with Gasteiger partial charge in [0.1, 0.15) is 5.82 Å². The smallest absolute Gasteiger partial charge is 0.272 e. The zero-order valence-electron chi connectivity index (χ0n) is 14.5. The van der Waals surface area contributed by atoms with Crippen LogP contribution in [0, 0.1) is 5.82 Å². The first kappa shape index (κ1) is 17.8. The third-order valence-corrected chi connectivity index (χ3v) is 4.30. The topological polar surface area (TPSA) is 78.4 Å². The van der Waals surface area contributed by atoms with E-state index < -0.39 is 0 Å². The van der Waals surface area contributed by atoms with Crippen LogP contribution in [0.3, 0.4) is 0 Å². The van der Waals surface area contributed by atoms with Crippen molar-refractivity contribution >= 4 is 17.6 Å². The first-order valence-corrected chi connectivity index (χ1v) is 8.40. The summed E-state index contributed by atoms with van der Waals surface area (Å²) in [6.45, 7) is 4.52. The van der Waals surface area contributed by atoms with E-state index in [9.17, 15) is 14.0 Å². The molecule has 1 aromatic heterocycles. The van der Waals surface area contributed by atoms with Crippen molar-refractivity contribution in [3.8, 4) is 0 Å². The molecule has 7 nitrogen and oxygen atoms in total. The van der Waals surface area contributed by atoms with E-state index in [1.165, 1.54) is 12.1 Å². The maximum absolute atomic E-state index is 12.9. The van der Waals surface area contributed by atoms with E-state index >= 15 is 0 Å². The molecule has 0 unspecified atom stereocenters. The Morgan fingerprint density at radius 3 is 2.31 bits per heavy atom. The zero-order chi connectivity index (χ0) is 18.5. The van der Waals surface area contributed by atoms with Crippen molar-refractivity contribution in [2.75, 3.05) is 31.1 Å². The second kappa shape index (κ2) is 7.90. The van der Waals surface area contributed by atoms with E-state index in [1.54, 1.807) is 36.1 Å². The van der Waals surface area contributed by atoms with Gasteiger partial charge < -0.3 is 15.1 Å². The van der Waals surface area contributed by atoms with E-state index in [4.69, 9.17) is 0 Å². The molecule has 136 valence electrons. The number of amides is 2. The molecule has 26 heavy (non-hydrogen) atoms. The lowest BCUT2D eigenvalue weighted by atomic mass is 10.2. The molecule has 0 spiro atoms. The van der Waals surface area contributed by atoms with E-state index in [0.29, 0.717) is 32.0 Å². The van der Waals surface area contributed by atoms with E-state index in [-0.39, 0.29) is 29.9 Å². The molecule has 0 radical (unpaired) electrons. The van der Waals surface area contributed by atoms with Crippen LogP contribution in [0.4, 0.5) is 10.2 Å². The molecular formula is C18H20FN5O2. The summed E-state index contributed by atoms with van der Waals surface area (Å²) in [5, 5.41) is 10.8. The molecule has 2 heterocycles. The van der Waals surface area contributed by atoms with E-state index in [0.717, 1.165) is 5.56 Å². The number of halogens is 1. The van der Waals surface area contributed by atoms with Crippen molar-refractivity contribution in [3.05, 3.63) is 53.5 Å². The summed E-state index contributed by atoms with van der Waals surface area (Å²) >= 11 is 0. The molecule has 0 aliphatic carbocycles. The molecule has 0 atom stereocenters. The van der Waals surface area contributed by atoms with Crippen LogP contribution in [0.2, 0.25) is 0 Å². The van der Waals surface area contributed by atoms with E-state index in [1.807, 2.05) is 4.90 Å². The standard InChI is InChI=1S/C18H20FN5O2/c1-13(25)23-8-10-24(11-9-23)17-7-6-16(21-22-17)18(26)20-12-14-2-4-15(19)5-3-14/h2-7H,8-12H2,1H3,(H,20,26). The number of piperazine rings is 1. The molecule has 1 aromatic carbocycles. The highest BCUT2D eigenvalue weighted by molar-refractivity contribution is 5.92. The molecule has 2 aromatic rings. The summed E-state index contributed by atoms with van der Waals surface area (Å²) in [7, 11) is 0. The third kappa shape index (κ3) is 4.33. The Balaban J connectivity index is 1.54. The number of anilines is 1. The number of nitrogens with zero attached hydrogens (tertiary/aromatic N) is 4. The van der Waals surface area contributed by atoms with E-state index in [2.05, 4.69) is 15.5 Å². The molecular weight excluding hydrogens is 337 g/mol. The SMILES string of the molecule is CC(=O)N1CCN(c2ccc(C(=O)NCc3ccc(F)cc3)nn2)CC1. The van der Waals surface area contributed by atoms with Gasteiger partial charge in [-0.05, 0) is 29.8 Å². The molecule has 0 bridgehead atoms. The molecule has 1 aliphatic rings. The second-order valence-electron chi connectivity index (χ2n) is 6.08. The number of carbonyl (C=O) groups is 2. The Morgan fingerprint density at radius 2 is 1.73 bits per heavy atom. The molecule has 1 fully saturated rings. The van der Waals surface area contributed by atoms with Crippen molar-refractivity contribution in [1.82, 2.24) is 20.4 Å². The summed E-state index contributed by atoms with van der Waals surface area (Å²) in [6, 6.07) is 9.31. The minimum atomic E-state index is -0.338. The summed E-state index contributed by atoms with van der Waals surface area (Å²) < 4.78 is 12.9. The third-order valence-electron chi connectivity index (χ3n) is 4.30. The second-order valence-corrected chi connectivity index (χ2v) is 6.08. The lowest BCUT2D eigenvalue weighted by Crippen LogP contribution is -2.48. The lowest BCUT2D eigenvalue weighted by molar-refractivity contribution is -0.129. The Morgan fingerprint density at radius 1 is 1.04 bits per heavy atom. The maximum atomic E-state index is 12.9. The normalized spacial score (nSPS) is 14.2. The van der Waals surface area contributed by atoms with Gasteiger partial charge in [-0.2, -0.15) is 0 Å². The van der Waals surface area contributed by atoms with Gasteiger partial charge in [0.15, 0.2) is 11.5 Å². The van der Waals surface area contributed by atoms with Gasteiger partial charge in [0.2, 0.25) is 5.91 Å². The molecule has 8 heteroatoms. The predicted molar refractivity (Wildman–Crippen MR) is 94.1 cm³/mol. The fraction of sp³-hybridized carbons (Fsp3) is 0.333. The fourth-order valence-electron chi connectivity index (χ4n) is 2.74. The Hall–Kier alpha value is -3.03. The van der Waals surface area contributed by atoms with Gasteiger partial charge in [-0.1, -0.05) is 12.1 Å². The summed E-state index contributed by atoms with van der Waals surface area (Å²) in [4.78, 5) is 27.3.